The lowest BCUT2D eigenvalue weighted by atomic mass is 10.00. The molecule has 2 heterocycles. The minimum absolute atomic E-state index is 0.0836. The number of ketones is 1. The Morgan fingerprint density at radius 3 is 2.41 bits per heavy atom. The number of rotatable bonds is 6. The average Bonchev–Trinajstić information content (AvgIpc) is 3.42. The fourth-order valence-corrected chi connectivity index (χ4v) is 4.83. The number of aliphatic hydroxyl groups is 1. The third-order valence-electron chi connectivity index (χ3n) is 5.27. The monoisotopic (exact) mass is 513 g/mol. The molecule has 2 aromatic carbocycles. The van der Waals surface area contributed by atoms with Crippen molar-refractivity contribution in [3.63, 3.8) is 0 Å². The summed E-state index contributed by atoms with van der Waals surface area (Å²) in [5.41, 5.74) is 1.33. The van der Waals surface area contributed by atoms with Gasteiger partial charge in [0.15, 0.2) is 11.5 Å². The van der Waals surface area contributed by atoms with Crippen LogP contribution in [0.15, 0.2) is 70.0 Å². The number of carbonyl (C=O) groups excluding carboxylic acids is 2. The van der Waals surface area contributed by atoms with Crippen LogP contribution in [0.25, 0.3) is 5.76 Å². The summed E-state index contributed by atoms with van der Waals surface area (Å²) in [7, 11) is 3.09. The second-order valence-corrected chi connectivity index (χ2v) is 9.03. The Hall–Kier alpha value is -3.10. The standard InChI is InChI=1S/C24H20BrNO5S/c1-30-17-10-5-14(12-18(17)31-2)13-26-21(19-4-3-11-32-19)20(23(28)24(26)29)22(27)15-6-8-16(25)9-7-15/h3-12,21,27H,13H2,1-2H3/b22-20-. The summed E-state index contributed by atoms with van der Waals surface area (Å²) >= 11 is 4.79. The van der Waals surface area contributed by atoms with Crippen molar-refractivity contribution in [1.82, 2.24) is 4.90 Å². The highest BCUT2D eigenvalue weighted by atomic mass is 79.9. The van der Waals surface area contributed by atoms with Crippen LogP contribution in [0.4, 0.5) is 0 Å². The molecule has 0 aliphatic carbocycles. The minimum Gasteiger partial charge on any atom is -0.507 e. The highest BCUT2D eigenvalue weighted by molar-refractivity contribution is 9.10. The van der Waals surface area contributed by atoms with Crippen molar-refractivity contribution in [2.45, 2.75) is 12.6 Å². The second-order valence-electron chi connectivity index (χ2n) is 7.14. The third kappa shape index (κ3) is 4.03. The molecule has 1 saturated heterocycles. The van der Waals surface area contributed by atoms with E-state index in [0.29, 0.717) is 17.1 Å². The van der Waals surface area contributed by atoms with Gasteiger partial charge in [0, 0.05) is 21.5 Å². The van der Waals surface area contributed by atoms with Crippen LogP contribution in [0, 0.1) is 0 Å². The number of carbonyl (C=O) groups is 2. The maximum Gasteiger partial charge on any atom is 0.295 e. The summed E-state index contributed by atoms with van der Waals surface area (Å²) in [4.78, 5) is 28.4. The molecular formula is C24H20BrNO5S. The molecule has 1 fully saturated rings. The average molecular weight is 514 g/mol. The Morgan fingerprint density at radius 2 is 1.78 bits per heavy atom. The number of aliphatic hydroxyl groups excluding tert-OH is 1. The van der Waals surface area contributed by atoms with Gasteiger partial charge in [-0.25, -0.2) is 0 Å². The molecule has 1 aliphatic rings. The van der Waals surface area contributed by atoms with E-state index < -0.39 is 17.7 Å². The molecule has 6 nitrogen and oxygen atoms in total. The zero-order valence-electron chi connectivity index (χ0n) is 17.4. The van der Waals surface area contributed by atoms with Gasteiger partial charge in [0.05, 0.1) is 25.8 Å². The number of halogens is 1. The quantitative estimate of drug-likeness (QED) is 0.280. The molecule has 164 valence electrons. The highest BCUT2D eigenvalue weighted by Crippen LogP contribution is 2.42. The molecule has 0 radical (unpaired) electrons. The number of Topliss-reactive ketones (excluding diaryl/α,β-unsaturated/α-hetero) is 1. The molecule has 1 atom stereocenters. The van der Waals surface area contributed by atoms with Crippen LogP contribution in [0.5, 0.6) is 11.5 Å². The Morgan fingerprint density at radius 1 is 1.06 bits per heavy atom. The predicted octanol–water partition coefficient (Wildman–Crippen LogP) is 5.15. The zero-order chi connectivity index (χ0) is 22.8. The van der Waals surface area contributed by atoms with E-state index in [9.17, 15) is 14.7 Å². The van der Waals surface area contributed by atoms with Gasteiger partial charge in [-0.05, 0) is 41.3 Å². The summed E-state index contributed by atoms with van der Waals surface area (Å²) < 4.78 is 11.5. The Kier molecular flexibility index (Phi) is 6.34. The molecule has 1 amide bonds. The van der Waals surface area contributed by atoms with Crippen molar-refractivity contribution in [3.8, 4) is 11.5 Å². The van der Waals surface area contributed by atoms with Crippen LogP contribution in [0.3, 0.4) is 0 Å². The lowest BCUT2D eigenvalue weighted by Gasteiger charge is -2.24. The number of methoxy groups -OCH3 is 2. The molecule has 3 aromatic rings. The Labute approximate surface area is 197 Å². The first-order valence-corrected chi connectivity index (χ1v) is 11.4. The number of likely N-dealkylation sites (tertiary alicyclic amines) is 1. The second kappa shape index (κ2) is 9.18. The smallest absolute Gasteiger partial charge is 0.295 e. The van der Waals surface area contributed by atoms with E-state index in [0.717, 1.165) is 14.9 Å². The third-order valence-corrected chi connectivity index (χ3v) is 6.72. The van der Waals surface area contributed by atoms with Crippen LogP contribution in [-0.2, 0) is 16.1 Å². The topological polar surface area (TPSA) is 76.1 Å². The molecule has 1 N–H and O–H groups in total. The molecule has 1 unspecified atom stereocenters. The molecule has 8 heteroatoms. The first-order valence-electron chi connectivity index (χ1n) is 9.73. The fourth-order valence-electron chi connectivity index (χ4n) is 3.72. The molecule has 4 rings (SSSR count). The highest BCUT2D eigenvalue weighted by Gasteiger charge is 2.46. The molecule has 0 saturated carbocycles. The van der Waals surface area contributed by atoms with Crippen molar-refractivity contribution >= 4 is 44.7 Å². The van der Waals surface area contributed by atoms with E-state index in [1.54, 1.807) is 43.5 Å². The fraction of sp³-hybridized carbons (Fsp3) is 0.167. The SMILES string of the molecule is COc1ccc(CN2C(=O)C(=O)/C(=C(\O)c3ccc(Br)cc3)C2c2cccs2)cc1OC. The first-order chi connectivity index (χ1) is 15.4. The van der Waals surface area contributed by atoms with E-state index in [4.69, 9.17) is 9.47 Å². The van der Waals surface area contributed by atoms with Crippen LogP contribution in [0.2, 0.25) is 0 Å². The number of hydrogen-bond donors (Lipinski definition) is 1. The minimum atomic E-state index is -0.704. The summed E-state index contributed by atoms with van der Waals surface area (Å²) in [6.07, 6.45) is 0. The van der Waals surface area contributed by atoms with Gasteiger partial charge in [0.2, 0.25) is 0 Å². The van der Waals surface area contributed by atoms with Crippen LogP contribution >= 0.6 is 27.3 Å². The van der Waals surface area contributed by atoms with Crippen molar-refractivity contribution < 1.29 is 24.2 Å². The lowest BCUT2D eigenvalue weighted by Crippen LogP contribution is -2.28. The number of ether oxygens (including phenoxy) is 2. The van der Waals surface area contributed by atoms with Crippen molar-refractivity contribution in [3.05, 3.63) is 86.0 Å². The van der Waals surface area contributed by atoms with Gasteiger partial charge in [0.25, 0.3) is 11.7 Å². The van der Waals surface area contributed by atoms with Crippen molar-refractivity contribution in [2.75, 3.05) is 14.2 Å². The van der Waals surface area contributed by atoms with E-state index >= 15 is 0 Å². The maximum absolute atomic E-state index is 13.1. The van der Waals surface area contributed by atoms with Gasteiger partial charge in [0.1, 0.15) is 5.76 Å². The van der Waals surface area contributed by atoms with Gasteiger partial charge in [-0.15, -0.1) is 11.3 Å². The number of amides is 1. The van der Waals surface area contributed by atoms with E-state index in [-0.39, 0.29) is 17.9 Å². The maximum atomic E-state index is 13.1. The van der Waals surface area contributed by atoms with Crippen LogP contribution in [0.1, 0.15) is 22.0 Å². The molecule has 1 aliphatic heterocycles. The number of nitrogens with zero attached hydrogens (tertiary/aromatic N) is 1. The van der Waals surface area contributed by atoms with Gasteiger partial charge in [-0.2, -0.15) is 0 Å². The molecule has 1 aromatic heterocycles. The lowest BCUT2D eigenvalue weighted by molar-refractivity contribution is -0.140. The van der Waals surface area contributed by atoms with Gasteiger partial charge in [-0.3, -0.25) is 9.59 Å². The number of benzene rings is 2. The Bertz CT molecular complexity index is 1190. The molecule has 0 spiro atoms. The summed E-state index contributed by atoms with van der Waals surface area (Å²) in [5, 5.41) is 12.9. The molecule has 32 heavy (non-hydrogen) atoms. The summed E-state index contributed by atoms with van der Waals surface area (Å²) in [6, 6.07) is 15.3. The summed E-state index contributed by atoms with van der Waals surface area (Å²) in [6.45, 7) is 0.171. The van der Waals surface area contributed by atoms with E-state index in [1.165, 1.54) is 23.3 Å². The van der Waals surface area contributed by atoms with Gasteiger partial charge < -0.3 is 19.5 Å². The predicted molar refractivity (Wildman–Crippen MR) is 126 cm³/mol. The van der Waals surface area contributed by atoms with E-state index in [1.807, 2.05) is 23.6 Å². The van der Waals surface area contributed by atoms with Gasteiger partial charge in [-0.1, -0.05) is 40.2 Å². The Balaban J connectivity index is 1.79. The normalized spacial score (nSPS) is 17.6. The van der Waals surface area contributed by atoms with Gasteiger partial charge >= 0.3 is 0 Å². The molecular weight excluding hydrogens is 494 g/mol. The molecule has 0 bridgehead atoms. The number of hydrogen-bond acceptors (Lipinski definition) is 6. The van der Waals surface area contributed by atoms with Crippen molar-refractivity contribution in [1.29, 1.82) is 0 Å². The first kappa shape index (κ1) is 22.1. The van der Waals surface area contributed by atoms with E-state index in [2.05, 4.69) is 15.9 Å². The largest absolute Gasteiger partial charge is 0.507 e. The summed E-state index contributed by atoms with van der Waals surface area (Å²) in [5.74, 6) is -0.447. The van der Waals surface area contributed by atoms with Crippen LogP contribution < -0.4 is 9.47 Å². The number of thiophene rings is 1. The van der Waals surface area contributed by atoms with Crippen LogP contribution in [-0.4, -0.2) is 35.9 Å². The zero-order valence-corrected chi connectivity index (χ0v) is 19.8. The van der Waals surface area contributed by atoms with Crippen molar-refractivity contribution in [2.24, 2.45) is 0 Å².